The molecule has 1 aliphatic carbocycles. The minimum atomic E-state index is -2.38. The van der Waals surface area contributed by atoms with Crippen molar-refractivity contribution in [3.8, 4) is 12.3 Å². The molecular weight excluding hydrogens is 134 g/mol. The van der Waals surface area contributed by atoms with E-state index in [0.717, 1.165) is 6.42 Å². The number of hydrogen-bond acceptors (Lipinski definition) is 0. The molecule has 0 atom stereocenters. The summed E-state index contributed by atoms with van der Waals surface area (Å²) in [7, 11) is 0. The average molecular weight is 144 g/mol. The van der Waals surface area contributed by atoms with Crippen LogP contribution in [0.4, 0.5) is 8.78 Å². The lowest BCUT2D eigenvalue weighted by molar-refractivity contribution is -0.111. The van der Waals surface area contributed by atoms with E-state index in [-0.39, 0.29) is 18.8 Å². The molecule has 0 amide bonds. The molecule has 0 aromatic heterocycles. The second-order valence-corrected chi connectivity index (χ2v) is 2.87. The van der Waals surface area contributed by atoms with Gasteiger partial charge < -0.3 is 0 Å². The standard InChI is InChI=1S/C8H10F2/c1-2-3-4-7-5-8(9,10)6-7/h1,7H,3-6H2. The van der Waals surface area contributed by atoms with Gasteiger partial charge in [0.1, 0.15) is 0 Å². The Bertz CT molecular complexity index is 147. The van der Waals surface area contributed by atoms with Crippen LogP contribution in [0.25, 0.3) is 0 Å². The number of halogens is 2. The lowest BCUT2D eigenvalue weighted by atomic mass is 9.79. The summed E-state index contributed by atoms with van der Waals surface area (Å²) in [5, 5.41) is 0. The van der Waals surface area contributed by atoms with Crippen molar-refractivity contribution < 1.29 is 8.78 Å². The lowest BCUT2D eigenvalue weighted by Crippen LogP contribution is -2.35. The second-order valence-electron chi connectivity index (χ2n) is 2.87. The van der Waals surface area contributed by atoms with E-state index in [1.165, 1.54) is 0 Å². The SMILES string of the molecule is C#CCCC1CC(F)(F)C1. The largest absolute Gasteiger partial charge is 0.248 e. The van der Waals surface area contributed by atoms with Crippen molar-refractivity contribution in [2.45, 2.75) is 31.6 Å². The van der Waals surface area contributed by atoms with Crippen LogP contribution in [0, 0.1) is 18.3 Å². The first-order chi connectivity index (χ1) is 4.64. The number of alkyl halides is 2. The van der Waals surface area contributed by atoms with E-state index < -0.39 is 5.92 Å². The zero-order valence-electron chi connectivity index (χ0n) is 5.74. The molecule has 0 nitrogen and oxygen atoms in total. The fourth-order valence-electron chi connectivity index (χ4n) is 1.28. The summed E-state index contributed by atoms with van der Waals surface area (Å²) in [6.45, 7) is 0. The van der Waals surface area contributed by atoms with E-state index in [0.29, 0.717) is 6.42 Å². The molecule has 1 saturated carbocycles. The Hall–Kier alpha value is -0.580. The summed E-state index contributed by atoms with van der Waals surface area (Å²) in [6, 6.07) is 0. The van der Waals surface area contributed by atoms with Crippen LogP contribution in [0.5, 0.6) is 0 Å². The maximum atomic E-state index is 12.2. The highest BCUT2D eigenvalue weighted by Crippen LogP contribution is 2.44. The number of terminal acetylenes is 1. The molecule has 2 heteroatoms. The van der Waals surface area contributed by atoms with Gasteiger partial charge in [-0.1, -0.05) is 0 Å². The van der Waals surface area contributed by atoms with Gasteiger partial charge in [0.25, 0.3) is 0 Å². The number of hydrogen-bond donors (Lipinski definition) is 0. The lowest BCUT2D eigenvalue weighted by Gasteiger charge is -2.34. The van der Waals surface area contributed by atoms with Gasteiger partial charge in [-0.25, -0.2) is 8.78 Å². The molecular formula is C8H10F2. The monoisotopic (exact) mass is 144 g/mol. The van der Waals surface area contributed by atoms with E-state index in [1.807, 2.05) is 0 Å². The normalized spacial score (nSPS) is 23.3. The molecule has 1 fully saturated rings. The fourth-order valence-corrected chi connectivity index (χ4v) is 1.28. The third kappa shape index (κ3) is 1.70. The molecule has 1 aliphatic rings. The fraction of sp³-hybridized carbons (Fsp3) is 0.750. The van der Waals surface area contributed by atoms with E-state index >= 15 is 0 Å². The smallest absolute Gasteiger partial charge is 0.207 e. The molecule has 10 heavy (non-hydrogen) atoms. The van der Waals surface area contributed by atoms with Crippen molar-refractivity contribution in [3.05, 3.63) is 0 Å². The van der Waals surface area contributed by atoms with E-state index in [9.17, 15) is 8.78 Å². The van der Waals surface area contributed by atoms with E-state index in [2.05, 4.69) is 5.92 Å². The first kappa shape index (κ1) is 7.53. The van der Waals surface area contributed by atoms with Crippen molar-refractivity contribution in [3.63, 3.8) is 0 Å². The molecule has 0 heterocycles. The molecule has 0 aliphatic heterocycles. The Kier molecular flexibility index (Phi) is 1.94. The minimum Gasteiger partial charge on any atom is -0.207 e. The van der Waals surface area contributed by atoms with Crippen molar-refractivity contribution in [1.29, 1.82) is 0 Å². The summed E-state index contributed by atoms with van der Waals surface area (Å²) in [4.78, 5) is 0. The Morgan fingerprint density at radius 2 is 2.10 bits per heavy atom. The summed E-state index contributed by atoms with van der Waals surface area (Å²) < 4.78 is 24.3. The zero-order valence-corrected chi connectivity index (χ0v) is 5.74. The summed E-state index contributed by atoms with van der Waals surface area (Å²) in [5.74, 6) is 0.260. The Morgan fingerprint density at radius 3 is 2.50 bits per heavy atom. The molecule has 56 valence electrons. The average Bonchev–Trinajstić information content (AvgIpc) is 1.78. The Balaban J connectivity index is 2.10. The maximum absolute atomic E-state index is 12.2. The van der Waals surface area contributed by atoms with Gasteiger partial charge in [0.2, 0.25) is 5.92 Å². The third-order valence-electron chi connectivity index (χ3n) is 1.87. The van der Waals surface area contributed by atoms with Crippen LogP contribution in [0.2, 0.25) is 0 Å². The van der Waals surface area contributed by atoms with Crippen molar-refractivity contribution in [2.24, 2.45) is 5.92 Å². The highest BCUT2D eigenvalue weighted by Gasteiger charge is 2.44. The summed E-state index contributed by atoms with van der Waals surface area (Å²) in [5.41, 5.74) is 0. The van der Waals surface area contributed by atoms with Gasteiger partial charge in [-0.3, -0.25) is 0 Å². The Morgan fingerprint density at radius 1 is 1.50 bits per heavy atom. The van der Waals surface area contributed by atoms with Crippen LogP contribution in [0.3, 0.4) is 0 Å². The summed E-state index contributed by atoms with van der Waals surface area (Å²) >= 11 is 0. The van der Waals surface area contributed by atoms with Gasteiger partial charge in [0.15, 0.2) is 0 Å². The molecule has 0 radical (unpaired) electrons. The van der Waals surface area contributed by atoms with Gasteiger partial charge in [0, 0.05) is 19.3 Å². The summed E-state index contributed by atoms with van der Waals surface area (Å²) in [6.07, 6.45) is 6.50. The third-order valence-corrected chi connectivity index (χ3v) is 1.87. The van der Waals surface area contributed by atoms with Crippen molar-refractivity contribution >= 4 is 0 Å². The van der Waals surface area contributed by atoms with Crippen LogP contribution in [-0.4, -0.2) is 5.92 Å². The molecule has 0 bridgehead atoms. The number of rotatable bonds is 2. The van der Waals surface area contributed by atoms with Gasteiger partial charge in [0.05, 0.1) is 0 Å². The molecule has 0 saturated heterocycles. The molecule has 0 spiro atoms. The van der Waals surface area contributed by atoms with E-state index in [4.69, 9.17) is 6.42 Å². The molecule has 1 rings (SSSR count). The van der Waals surface area contributed by atoms with Gasteiger partial charge in [-0.05, 0) is 12.3 Å². The molecule has 0 aromatic rings. The predicted molar refractivity (Wildman–Crippen MR) is 35.7 cm³/mol. The highest BCUT2D eigenvalue weighted by atomic mass is 19.3. The van der Waals surface area contributed by atoms with Gasteiger partial charge in [-0.15, -0.1) is 12.3 Å². The van der Waals surface area contributed by atoms with Crippen LogP contribution in [-0.2, 0) is 0 Å². The van der Waals surface area contributed by atoms with Crippen LogP contribution >= 0.6 is 0 Å². The highest BCUT2D eigenvalue weighted by molar-refractivity contribution is 4.90. The Labute approximate surface area is 59.6 Å². The molecule has 0 N–H and O–H groups in total. The van der Waals surface area contributed by atoms with Gasteiger partial charge >= 0.3 is 0 Å². The van der Waals surface area contributed by atoms with Crippen LogP contribution in [0.1, 0.15) is 25.7 Å². The van der Waals surface area contributed by atoms with E-state index in [1.54, 1.807) is 0 Å². The topological polar surface area (TPSA) is 0 Å². The minimum absolute atomic E-state index is 0.0503. The predicted octanol–water partition coefficient (Wildman–Crippen LogP) is 2.45. The maximum Gasteiger partial charge on any atom is 0.248 e. The quantitative estimate of drug-likeness (QED) is 0.522. The van der Waals surface area contributed by atoms with Crippen molar-refractivity contribution in [1.82, 2.24) is 0 Å². The molecule has 0 aromatic carbocycles. The first-order valence-electron chi connectivity index (χ1n) is 3.45. The van der Waals surface area contributed by atoms with Crippen LogP contribution in [0.15, 0.2) is 0 Å². The second kappa shape index (κ2) is 2.57. The van der Waals surface area contributed by atoms with Gasteiger partial charge in [-0.2, -0.15) is 0 Å². The van der Waals surface area contributed by atoms with Crippen molar-refractivity contribution in [2.75, 3.05) is 0 Å². The van der Waals surface area contributed by atoms with Crippen LogP contribution < -0.4 is 0 Å². The molecule has 0 unspecified atom stereocenters. The first-order valence-corrected chi connectivity index (χ1v) is 3.45. The zero-order chi connectivity index (χ0) is 7.61.